The fourth-order valence-corrected chi connectivity index (χ4v) is 1.46. The molecule has 0 amide bonds. The number of benzene rings is 1. The van der Waals surface area contributed by atoms with E-state index >= 15 is 0 Å². The molecule has 0 bridgehead atoms. The Labute approximate surface area is 97.5 Å². The second kappa shape index (κ2) is 5.88. The predicted molar refractivity (Wildman–Crippen MR) is 60.4 cm³/mol. The second-order valence-electron chi connectivity index (χ2n) is 3.07. The van der Waals surface area contributed by atoms with Crippen molar-refractivity contribution in [3.8, 4) is 0 Å². The molecule has 0 saturated heterocycles. The molecule has 0 spiro atoms. The predicted octanol–water partition coefficient (Wildman–Crippen LogP) is 2.53. The third-order valence-corrected chi connectivity index (χ3v) is 2.75. The van der Waals surface area contributed by atoms with Gasteiger partial charge < -0.3 is 9.47 Å². The summed E-state index contributed by atoms with van der Waals surface area (Å²) < 4.78 is 10.9. The van der Waals surface area contributed by atoms with Crippen LogP contribution >= 0.6 is 15.9 Å². The van der Waals surface area contributed by atoms with Crippen LogP contribution in [0.5, 0.6) is 0 Å². The number of carbonyl (C=O) groups excluding carboxylic acids is 1. The second-order valence-corrected chi connectivity index (χ2v) is 3.92. The van der Waals surface area contributed by atoms with Crippen molar-refractivity contribution in [3.05, 3.63) is 34.3 Å². The van der Waals surface area contributed by atoms with E-state index in [9.17, 15) is 4.79 Å². The van der Waals surface area contributed by atoms with Crippen LogP contribution in [0.3, 0.4) is 0 Å². The van der Waals surface area contributed by atoms with E-state index < -0.39 is 6.10 Å². The summed E-state index contributed by atoms with van der Waals surface area (Å²) in [4.78, 5) is 11.1. The quantitative estimate of drug-likeness (QED) is 0.791. The minimum atomic E-state index is -0.540. The Morgan fingerprint density at radius 3 is 2.73 bits per heavy atom. The number of esters is 1. The van der Waals surface area contributed by atoms with E-state index in [2.05, 4.69) is 20.7 Å². The molecule has 15 heavy (non-hydrogen) atoms. The van der Waals surface area contributed by atoms with Crippen LogP contribution in [-0.4, -0.2) is 19.2 Å². The largest absolute Gasteiger partial charge is 0.467 e. The van der Waals surface area contributed by atoms with Crippen LogP contribution in [0.15, 0.2) is 28.7 Å². The Bertz CT molecular complexity index is 338. The lowest BCUT2D eigenvalue weighted by atomic mass is 10.2. The molecule has 0 heterocycles. The van der Waals surface area contributed by atoms with Crippen molar-refractivity contribution in [2.75, 3.05) is 7.11 Å². The summed E-state index contributed by atoms with van der Waals surface area (Å²) in [5.74, 6) is -0.359. The van der Waals surface area contributed by atoms with Gasteiger partial charge in [-0.25, -0.2) is 4.79 Å². The zero-order valence-corrected chi connectivity index (χ0v) is 10.3. The molecule has 1 aromatic carbocycles. The first-order valence-electron chi connectivity index (χ1n) is 4.58. The van der Waals surface area contributed by atoms with Crippen molar-refractivity contribution in [2.45, 2.75) is 19.6 Å². The van der Waals surface area contributed by atoms with Gasteiger partial charge in [0, 0.05) is 4.47 Å². The van der Waals surface area contributed by atoms with Gasteiger partial charge in [-0.15, -0.1) is 0 Å². The van der Waals surface area contributed by atoms with Gasteiger partial charge >= 0.3 is 5.97 Å². The van der Waals surface area contributed by atoms with Crippen molar-refractivity contribution in [2.24, 2.45) is 0 Å². The summed E-state index contributed by atoms with van der Waals surface area (Å²) >= 11 is 3.40. The summed E-state index contributed by atoms with van der Waals surface area (Å²) in [5.41, 5.74) is 1.01. The molecule has 0 fully saturated rings. The molecule has 1 rings (SSSR count). The van der Waals surface area contributed by atoms with Crippen molar-refractivity contribution in [1.29, 1.82) is 0 Å². The highest BCUT2D eigenvalue weighted by molar-refractivity contribution is 9.10. The standard InChI is InChI=1S/C11H13BrO3/c1-8(11(13)14-2)15-7-9-5-3-4-6-10(9)12/h3-6,8H,7H2,1-2H3. The van der Waals surface area contributed by atoms with Crippen molar-refractivity contribution in [3.63, 3.8) is 0 Å². The monoisotopic (exact) mass is 272 g/mol. The molecular formula is C11H13BrO3. The maximum atomic E-state index is 11.1. The Morgan fingerprint density at radius 2 is 2.13 bits per heavy atom. The van der Waals surface area contributed by atoms with E-state index in [1.54, 1.807) is 6.92 Å². The number of rotatable bonds is 4. The summed E-state index contributed by atoms with van der Waals surface area (Å²) in [6.07, 6.45) is -0.540. The summed E-state index contributed by atoms with van der Waals surface area (Å²) in [7, 11) is 1.35. The van der Waals surface area contributed by atoms with Crippen molar-refractivity contribution in [1.82, 2.24) is 0 Å². The molecule has 0 saturated carbocycles. The van der Waals surface area contributed by atoms with Gasteiger partial charge in [-0.3, -0.25) is 0 Å². The Morgan fingerprint density at radius 1 is 1.47 bits per heavy atom. The first kappa shape index (κ1) is 12.2. The number of hydrogen-bond donors (Lipinski definition) is 0. The molecule has 0 N–H and O–H groups in total. The van der Waals surface area contributed by atoms with E-state index in [-0.39, 0.29) is 5.97 Å². The zero-order chi connectivity index (χ0) is 11.3. The zero-order valence-electron chi connectivity index (χ0n) is 8.70. The van der Waals surface area contributed by atoms with Gasteiger partial charge in [0.25, 0.3) is 0 Å². The number of methoxy groups -OCH3 is 1. The minimum Gasteiger partial charge on any atom is -0.467 e. The van der Waals surface area contributed by atoms with Crippen LogP contribution in [0.25, 0.3) is 0 Å². The lowest BCUT2D eigenvalue weighted by Crippen LogP contribution is -2.21. The minimum absolute atomic E-state index is 0.359. The molecule has 82 valence electrons. The van der Waals surface area contributed by atoms with Crippen molar-refractivity contribution < 1.29 is 14.3 Å². The van der Waals surface area contributed by atoms with E-state index in [0.717, 1.165) is 10.0 Å². The molecule has 1 unspecified atom stereocenters. The van der Waals surface area contributed by atoms with Gasteiger partial charge in [0.1, 0.15) is 0 Å². The summed E-state index contributed by atoms with van der Waals surface area (Å²) in [5, 5.41) is 0. The maximum Gasteiger partial charge on any atom is 0.334 e. The molecule has 3 nitrogen and oxygen atoms in total. The van der Waals surface area contributed by atoms with E-state index in [4.69, 9.17) is 4.74 Å². The van der Waals surface area contributed by atoms with E-state index in [0.29, 0.717) is 6.61 Å². The van der Waals surface area contributed by atoms with Crippen molar-refractivity contribution >= 4 is 21.9 Å². The van der Waals surface area contributed by atoms with E-state index in [1.807, 2.05) is 24.3 Å². The highest BCUT2D eigenvalue weighted by atomic mass is 79.9. The highest BCUT2D eigenvalue weighted by Crippen LogP contribution is 2.17. The summed E-state index contributed by atoms with van der Waals surface area (Å²) in [6.45, 7) is 2.06. The van der Waals surface area contributed by atoms with Crippen LogP contribution in [0, 0.1) is 0 Å². The molecule has 1 atom stereocenters. The third-order valence-electron chi connectivity index (χ3n) is 1.98. The number of ether oxygens (including phenoxy) is 2. The molecule has 0 aliphatic heterocycles. The highest BCUT2D eigenvalue weighted by Gasteiger charge is 2.13. The molecular weight excluding hydrogens is 260 g/mol. The van der Waals surface area contributed by atoms with Crippen LogP contribution in [0.4, 0.5) is 0 Å². The molecule has 0 aliphatic rings. The van der Waals surface area contributed by atoms with Crippen LogP contribution in [0.1, 0.15) is 12.5 Å². The molecule has 1 aromatic rings. The van der Waals surface area contributed by atoms with E-state index in [1.165, 1.54) is 7.11 Å². The SMILES string of the molecule is COC(=O)C(C)OCc1ccccc1Br. The number of hydrogen-bond acceptors (Lipinski definition) is 3. The fourth-order valence-electron chi connectivity index (χ4n) is 1.06. The van der Waals surface area contributed by atoms with Gasteiger partial charge in [-0.05, 0) is 18.6 Å². The normalized spacial score (nSPS) is 12.2. The van der Waals surface area contributed by atoms with Crippen LogP contribution in [-0.2, 0) is 20.9 Å². The van der Waals surface area contributed by atoms with Gasteiger partial charge in [0.05, 0.1) is 13.7 Å². The fraction of sp³-hybridized carbons (Fsp3) is 0.364. The number of halogens is 1. The van der Waals surface area contributed by atoms with Crippen LogP contribution < -0.4 is 0 Å². The molecule has 0 radical (unpaired) electrons. The first-order valence-corrected chi connectivity index (χ1v) is 5.37. The lowest BCUT2D eigenvalue weighted by molar-refractivity contribution is -0.153. The Balaban J connectivity index is 2.50. The third kappa shape index (κ3) is 3.64. The molecule has 4 heteroatoms. The van der Waals surface area contributed by atoms with Gasteiger partial charge in [0.2, 0.25) is 0 Å². The Kier molecular flexibility index (Phi) is 4.78. The van der Waals surface area contributed by atoms with Gasteiger partial charge in [-0.1, -0.05) is 34.1 Å². The van der Waals surface area contributed by atoms with Gasteiger partial charge in [-0.2, -0.15) is 0 Å². The molecule has 0 aliphatic carbocycles. The topological polar surface area (TPSA) is 35.5 Å². The van der Waals surface area contributed by atoms with Crippen LogP contribution in [0.2, 0.25) is 0 Å². The first-order chi connectivity index (χ1) is 7.15. The lowest BCUT2D eigenvalue weighted by Gasteiger charge is -2.11. The average molecular weight is 273 g/mol. The summed E-state index contributed by atoms with van der Waals surface area (Å²) in [6, 6.07) is 7.72. The smallest absolute Gasteiger partial charge is 0.334 e. The average Bonchev–Trinajstić information content (AvgIpc) is 2.26. The maximum absolute atomic E-state index is 11.1. The Hall–Kier alpha value is -0.870. The number of carbonyl (C=O) groups is 1. The van der Waals surface area contributed by atoms with Gasteiger partial charge in [0.15, 0.2) is 6.10 Å². The molecule has 0 aromatic heterocycles.